The van der Waals surface area contributed by atoms with Crippen molar-refractivity contribution < 1.29 is 35.3 Å². The van der Waals surface area contributed by atoms with E-state index in [-0.39, 0.29) is 55.8 Å². The number of piperazine rings is 1. The number of carbonyl (C=O) groups is 1. The third-order valence-electron chi connectivity index (χ3n) is 5.76. The number of anilines is 1. The monoisotopic (exact) mass is 476 g/mol. The molecule has 1 amide bonds. The number of alkyl halides is 3. The zero-order valence-corrected chi connectivity index (χ0v) is 17.6. The highest BCUT2D eigenvalue weighted by atomic mass is 32.2. The van der Waals surface area contributed by atoms with Crippen molar-refractivity contribution in [1.82, 2.24) is 15.0 Å². The van der Waals surface area contributed by atoms with Crippen LogP contribution in [0.5, 0.6) is 0 Å². The number of sulfone groups is 1. The Balaban J connectivity index is 1.58. The van der Waals surface area contributed by atoms with E-state index in [4.69, 9.17) is 0 Å². The van der Waals surface area contributed by atoms with Crippen LogP contribution in [-0.2, 0) is 20.8 Å². The van der Waals surface area contributed by atoms with Crippen molar-refractivity contribution in [2.45, 2.75) is 25.1 Å². The molecule has 8 nitrogen and oxygen atoms in total. The fraction of sp³-hybridized carbons (Fsp3) is 0.526. The third kappa shape index (κ3) is 4.71. The lowest BCUT2D eigenvalue weighted by Gasteiger charge is -2.43. The third-order valence-corrected chi connectivity index (χ3v) is 7.48. The second-order valence-electron chi connectivity index (χ2n) is 7.87. The summed E-state index contributed by atoms with van der Waals surface area (Å²) < 4.78 is 79.7. The number of hydrogen-bond donors (Lipinski definition) is 0. The van der Waals surface area contributed by atoms with E-state index in [1.165, 1.54) is 29.2 Å². The lowest BCUT2D eigenvalue weighted by atomic mass is 9.96. The van der Waals surface area contributed by atoms with Gasteiger partial charge >= 0.3 is 12.1 Å². The van der Waals surface area contributed by atoms with E-state index in [2.05, 4.69) is 14.7 Å². The SMILES string of the molecule is O=C(C1CCS(=O)(=O)CC1)N1CCN(c2noc(C(F)(F)F)n2)CC1c1ccc(F)cc1. The Morgan fingerprint density at radius 1 is 1.09 bits per heavy atom. The molecule has 0 spiro atoms. The van der Waals surface area contributed by atoms with Gasteiger partial charge in [0, 0.05) is 25.6 Å². The van der Waals surface area contributed by atoms with E-state index >= 15 is 0 Å². The molecule has 32 heavy (non-hydrogen) atoms. The minimum atomic E-state index is -4.78. The molecule has 174 valence electrons. The molecule has 0 bridgehead atoms. The molecule has 1 aromatic carbocycles. The zero-order valence-electron chi connectivity index (χ0n) is 16.8. The number of nitrogens with zero attached hydrogens (tertiary/aromatic N) is 4. The lowest BCUT2D eigenvalue weighted by molar-refractivity contribution is -0.159. The Kier molecular flexibility index (Phi) is 5.86. The van der Waals surface area contributed by atoms with Gasteiger partial charge in [-0.2, -0.15) is 18.2 Å². The Labute approximate surface area is 181 Å². The van der Waals surface area contributed by atoms with Gasteiger partial charge in [0.2, 0.25) is 5.91 Å². The van der Waals surface area contributed by atoms with E-state index < -0.39 is 39.7 Å². The first-order valence-electron chi connectivity index (χ1n) is 9.96. The predicted molar refractivity (Wildman–Crippen MR) is 104 cm³/mol. The van der Waals surface area contributed by atoms with Gasteiger partial charge in [-0.15, -0.1) is 0 Å². The van der Waals surface area contributed by atoms with Crippen molar-refractivity contribution in [3.05, 3.63) is 41.5 Å². The largest absolute Gasteiger partial charge is 0.471 e. The normalized spacial score (nSPS) is 22.2. The van der Waals surface area contributed by atoms with Crippen LogP contribution in [0.4, 0.5) is 23.5 Å². The van der Waals surface area contributed by atoms with Crippen molar-refractivity contribution in [3.8, 4) is 0 Å². The van der Waals surface area contributed by atoms with Crippen LogP contribution in [0, 0.1) is 11.7 Å². The fourth-order valence-electron chi connectivity index (χ4n) is 4.03. The number of aromatic nitrogens is 2. The summed E-state index contributed by atoms with van der Waals surface area (Å²) >= 11 is 0. The molecular weight excluding hydrogens is 456 g/mol. The minimum absolute atomic E-state index is 0.0618. The summed E-state index contributed by atoms with van der Waals surface area (Å²) in [6, 6.07) is 4.88. The summed E-state index contributed by atoms with van der Waals surface area (Å²) in [4.78, 5) is 19.7. The highest BCUT2D eigenvalue weighted by molar-refractivity contribution is 7.91. The first-order chi connectivity index (χ1) is 15.0. The van der Waals surface area contributed by atoms with Crippen LogP contribution < -0.4 is 4.90 Å². The molecule has 2 aliphatic rings. The van der Waals surface area contributed by atoms with E-state index in [0.29, 0.717) is 5.56 Å². The molecule has 4 rings (SSSR count). The molecular formula is C19H20F4N4O4S. The molecule has 2 saturated heterocycles. The van der Waals surface area contributed by atoms with Gasteiger partial charge in [0.1, 0.15) is 15.7 Å². The number of rotatable bonds is 3. The lowest BCUT2D eigenvalue weighted by Crippen LogP contribution is -2.53. The summed E-state index contributed by atoms with van der Waals surface area (Å²) in [6.45, 7) is 0.379. The average molecular weight is 476 g/mol. The number of halogens is 4. The topological polar surface area (TPSA) is 96.6 Å². The van der Waals surface area contributed by atoms with E-state index in [9.17, 15) is 30.8 Å². The molecule has 0 aliphatic carbocycles. The van der Waals surface area contributed by atoms with Crippen LogP contribution in [0.2, 0.25) is 0 Å². The van der Waals surface area contributed by atoms with Gasteiger partial charge in [0.05, 0.1) is 17.5 Å². The molecule has 0 radical (unpaired) electrons. The van der Waals surface area contributed by atoms with Gasteiger partial charge in [0.25, 0.3) is 5.95 Å². The zero-order chi connectivity index (χ0) is 23.1. The molecule has 1 unspecified atom stereocenters. The van der Waals surface area contributed by atoms with Crippen molar-refractivity contribution >= 4 is 21.7 Å². The van der Waals surface area contributed by atoms with E-state index in [1.807, 2.05) is 0 Å². The van der Waals surface area contributed by atoms with Crippen molar-refractivity contribution in [2.24, 2.45) is 5.92 Å². The molecule has 2 fully saturated rings. The number of amides is 1. The Morgan fingerprint density at radius 3 is 2.34 bits per heavy atom. The van der Waals surface area contributed by atoms with Crippen LogP contribution in [0.3, 0.4) is 0 Å². The predicted octanol–water partition coefficient (Wildman–Crippen LogP) is 2.44. The van der Waals surface area contributed by atoms with Crippen LogP contribution in [0.15, 0.2) is 28.8 Å². The fourth-order valence-corrected chi connectivity index (χ4v) is 5.52. The highest BCUT2D eigenvalue weighted by Gasteiger charge is 2.41. The van der Waals surface area contributed by atoms with Gasteiger partial charge in [-0.05, 0) is 35.7 Å². The van der Waals surface area contributed by atoms with Crippen LogP contribution >= 0.6 is 0 Å². The van der Waals surface area contributed by atoms with Crippen LogP contribution in [0.25, 0.3) is 0 Å². The standard InChI is InChI=1S/C19H20F4N4O4S/c20-14-3-1-12(2-4-14)15-11-26(18-24-17(31-25-18)19(21,22)23)7-8-27(15)16(28)13-5-9-32(29,30)10-6-13/h1-4,13,15H,5-11H2. The maximum Gasteiger partial charge on any atom is 0.471 e. The maximum atomic E-state index is 13.4. The summed E-state index contributed by atoms with van der Waals surface area (Å²) in [7, 11) is -3.14. The number of benzene rings is 1. The van der Waals surface area contributed by atoms with Gasteiger partial charge in [-0.3, -0.25) is 4.79 Å². The number of hydrogen-bond acceptors (Lipinski definition) is 7. The summed E-state index contributed by atoms with van der Waals surface area (Å²) in [6.07, 6.45) is -4.34. The van der Waals surface area contributed by atoms with Gasteiger partial charge in [0.15, 0.2) is 0 Å². The molecule has 0 saturated carbocycles. The van der Waals surface area contributed by atoms with Gasteiger partial charge < -0.3 is 14.3 Å². The quantitative estimate of drug-likeness (QED) is 0.628. The van der Waals surface area contributed by atoms with Crippen molar-refractivity contribution in [2.75, 3.05) is 36.0 Å². The Hall–Kier alpha value is -2.70. The van der Waals surface area contributed by atoms with Crippen LogP contribution in [-0.4, -0.2) is 60.5 Å². The van der Waals surface area contributed by atoms with Crippen molar-refractivity contribution in [1.29, 1.82) is 0 Å². The van der Waals surface area contributed by atoms with Crippen LogP contribution in [0.1, 0.15) is 30.3 Å². The Morgan fingerprint density at radius 2 is 1.75 bits per heavy atom. The second-order valence-corrected chi connectivity index (χ2v) is 10.2. The summed E-state index contributed by atoms with van der Waals surface area (Å²) in [5.74, 6) is -2.99. The molecule has 1 atom stereocenters. The average Bonchev–Trinajstić information content (AvgIpc) is 3.24. The van der Waals surface area contributed by atoms with Gasteiger partial charge in [-0.1, -0.05) is 12.1 Å². The summed E-state index contributed by atoms with van der Waals surface area (Å²) in [5.41, 5.74) is 0.590. The summed E-state index contributed by atoms with van der Waals surface area (Å²) in [5, 5.41) is 3.41. The van der Waals surface area contributed by atoms with E-state index in [1.54, 1.807) is 4.90 Å². The smallest absolute Gasteiger partial charge is 0.334 e. The minimum Gasteiger partial charge on any atom is -0.334 e. The molecule has 3 heterocycles. The molecule has 0 N–H and O–H groups in total. The molecule has 13 heteroatoms. The molecule has 2 aliphatic heterocycles. The van der Waals surface area contributed by atoms with Gasteiger partial charge in [-0.25, -0.2) is 12.8 Å². The van der Waals surface area contributed by atoms with Crippen molar-refractivity contribution in [3.63, 3.8) is 0 Å². The maximum absolute atomic E-state index is 13.4. The first kappa shape index (κ1) is 22.5. The Bertz CT molecular complexity index is 1070. The molecule has 2 aromatic rings. The molecule has 1 aromatic heterocycles. The number of carbonyl (C=O) groups excluding carboxylic acids is 1. The van der Waals surface area contributed by atoms with E-state index in [0.717, 1.165) is 0 Å². The second kappa shape index (κ2) is 8.34. The first-order valence-corrected chi connectivity index (χ1v) is 11.8. The highest BCUT2D eigenvalue weighted by Crippen LogP contribution is 2.33.